The van der Waals surface area contributed by atoms with Gasteiger partial charge in [-0.2, -0.15) is 0 Å². The molecule has 230 valence electrons. The third-order valence-electron chi connectivity index (χ3n) is 6.89. The highest BCUT2D eigenvalue weighted by molar-refractivity contribution is 7.93. The molecule has 0 fully saturated rings. The monoisotopic (exact) mass is 634 g/mol. The first-order valence-electron chi connectivity index (χ1n) is 13.9. The molecule has 0 atom stereocenters. The van der Waals surface area contributed by atoms with E-state index in [1.807, 2.05) is 0 Å². The average molecular weight is 635 g/mol. The fraction of sp³-hybridized carbons (Fsp3) is 0.188. The highest BCUT2D eigenvalue weighted by atomic mass is 32.2. The third-order valence-corrected chi connectivity index (χ3v) is 10.5. The van der Waals surface area contributed by atoms with Gasteiger partial charge in [0.2, 0.25) is 11.8 Å². The molecule has 0 spiro atoms. The molecule has 10 nitrogen and oxygen atoms in total. The molecule has 44 heavy (non-hydrogen) atoms. The number of nitrogens with zero attached hydrogens (tertiary/aromatic N) is 2. The predicted molar refractivity (Wildman–Crippen MR) is 173 cm³/mol. The number of carbonyl (C=O) groups excluding carboxylic acids is 2. The Morgan fingerprint density at radius 2 is 0.841 bits per heavy atom. The van der Waals surface area contributed by atoms with Gasteiger partial charge in [-0.3, -0.25) is 18.2 Å². The number of amides is 2. The average Bonchev–Trinajstić information content (AvgIpc) is 3.03. The van der Waals surface area contributed by atoms with Gasteiger partial charge < -0.3 is 10.6 Å². The lowest BCUT2D eigenvalue weighted by atomic mass is 10.1. The largest absolute Gasteiger partial charge is 0.326 e. The van der Waals surface area contributed by atoms with Gasteiger partial charge in [-0.05, 0) is 85.6 Å². The van der Waals surface area contributed by atoms with Crippen LogP contribution in [0.5, 0.6) is 0 Å². The van der Waals surface area contributed by atoms with Gasteiger partial charge in [-0.25, -0.2) is 16.8 Å². The lowest BCUT2D eigenvalue weighted by Crippen LogP contribution is -2.26. The van der Waals surface area contributed by atoms with Crippen LogP contribution in [0, 0.1) is 0 Å². The Labute approximate surface area is 258 Å². The first-order valence-corrected chi connectivity index (χ1v) is 16.7. The van der Waals surface area contributed by atoms with Crippen molar-refractivity contribution < 1.29 is 26.4 Å². The number of carbonyl (C=O) groups is 2. The fourth-order valence-corrected chi connectivity index (χ4v) is 6.70. The van der Waals surface area contributed by atoms with E-state index in [-0.39, 0.29) is 34.4 Å². The van der Waals surface area contributed by atoms with Gasteiger partial charge in [-0.1, -0.05) is 36.4 Å². The fourth-order valence-electron chi connectivity index (χ4n) is 4.31. The molecular formula is C32H34N4O6S2. The van der Waals surface area contributed by atoms with Crippen LogP contribution >= 0.6 is 0 Å². The van der Waals surface area contributed by atoms with Gasteiger partial charge in [0, 0.05) is 38.3 Å². The van der Waals surface area contributed by atoms with E-state index >= 15 is 0 Å². The van der Waals surface area contributed by atoms with E-state index in [1.165, 1.54) is 71.2 Å². The maximum atomic E-state index is 12.9. The molecule has 2 amide bonds. The van der Waals surface area contributed by atoms with Crippen LogP contribution in [0.2, 0.25) is 0 Å². The minimum Gasteiger partial charge on any atom is -0.326 e. The molecule has 0 aromatic heterocycles. The summed E-state index contributed by atoms with van der Waals surface area (Å²) in [6, 6.07) is 29.4. The summed E-state index contributed by atoms with van der Waals surface area (Å²) >= 11 is 0. The Kier molecular flexibility index (Phi) is 10.4. The standard InChI is InChI=1S/C32H34N4O6S2/c1-35(27-11-5-3-6-12-27)43(39,40)29-21-17-25(18-22-29)33-31(37)15-9-10-16-32(38)34-26-19-23-30(24-20-26)44(41,42)36(2)28-13-7-4-8-14-28/h3-8,11-14,17-24H,9-10,15-16H2,1-2H3,(H,33,37)(H,34,38). The Morgan fingerprint density at radius 1 is 0.523 bits per heavy atom. The second kappa shape index (κ2) is 14.2. The van der Waals surface area contributed by atoms with E-state index in [0.29, 0.717) is 35.6 Å². The van der Waals surface area contributed by atoms with Crippen molar-refractivity contribution in [3.8, 4) is 0 Å². The first kappa shape index (κ1) is 32.2. The first-order chi connectivity index (χ1) is 21.0. The van der Waals surface area contributed by atoms with Crippen molar-refractivity contribution in [3.05, 3.63) is 109 Å². The van der Waals surface area contributed by atoms with E-state index in [0.717, 1.165) is 0 Å². The topological polar surface area (TPSA) is 133 Å². The summed E-state index contributed by atoms with van der Waals surface area (Å²) < 4.78 is 54.1. The van der Waals surface area contributed by atoms with Crippen LogP contribution in [0.25, 0.3) is 0 Å². The van der Waals surface area contributed by atoms with E-state index in [9.17, 15) is 26.4 Å². The summed E-state index contributed by atoms with van der Waals surface area (Å²) in [5.41, 5.74) is 2.01. The molecule has 0 saturated heterocycles. The van der Waals surface area contributed by atoms with E-state index in [2.05, 4.69) is 10.6 Å². The van der Waals surface area contributed by atoms with Crippen LogP contribution in [-0.2, 0) is 29.6 Å². The zero-order valence-corrected chi connectivity index (χ0v) is 26.0. The van der Waals surface area contributed by atoms with Crippen molar-refractivity contribution in [3.63, 3.8) is 0 Å². The molecular weight excluding hydrogens is 601 g/mol. The quantitative estimate of drug-likeness (QED) is 0.187. The van der Waals surface area contributed by atoms with Crippen LogP contribution in [0.1, 0.15) is 25.7 Å². The SMILES string of the molecule is CN(c1ccccc1)S(=O)(=O)c1ccc(NC(=O)CCCCC(=O)Nc2ccc(S(=O)(=O)N(C)c3ccccc3)cc2)cc1. The summed E-state index contributed by atoms with van der Waals surface area (Å²) in [5.74, 6) is -0.501. The van der Waals surface area contributed by atoms with Gasteiger partial charge in [0.25, 0.3) is 20.0 Å². The third kappa shape index (κ3) is 8.03. The summed E-state index contributed by atoms with van der Waals surface area (Å²) in [6.07, 6.45) is 1.31. The molecule has 0 aliphatic rings. The number of rotatable bonds is 13. The zero-order chi connectivity index (χ0) is 31.7. The van der Waals surface area contributed by atoms with Crippen LogP contribution in [0.4, 0.5) is 22.7 Å². The highest BCUT2D eigenvalue weighted by Gasteiger charge is 2.22. The second-order valence-electron chi connectivity index (χ2n) is 9.97. The summed E-state index contributed by atoms with van der Waals surface area (Å²) in [5, 5.41) is 5.49. The van der Waals surface area contributed by atoms with Gasteiger partial charge in [0.15, 0.2) is 0 Å². The van der Waals surface area contributed by atoms with Gasteiger partial charge >= 0.3 is 0 Å². The molecule has 4 rings (SSSR count). The van der Waals surface area contributed by atoms with Crippen molar-refractivity contribution >= 4 is 54.6 Å². The van der Waals surface area contributed by atoms with Gasteiger partial charge in [0.05, 0.1) is 21.2 Å². The maximum absolute atomic E-state index is 12.9. The molecule has 0 heterocycles. The molecule has 0 bridgehead atoms. The molecule has 4 aromatic carbocycles. The molecule has 12 heteroatoms. The number of anilines is 4. The van der Waals surface area contributed by atoms with Crippen molar-refractivity contribution in [2.75, 3.05) is 33.3 Å². The van der Waals surface area contributed by atoms with E-state index < -0.39 is 20.0 Å². The lowest BCUT2D eigenvalue weighted by molar-refractivity contribution is -0.118. The summed E-state index contributed by atoms with van der Waals surface area (Å²) in [7, 11) is -4.54. The van der Waals surface area contributed by atoms with Crippen molar-refractivity contribution in [1.29, 1.82) is 0 Å². The molecule has 0 aliphatic carbocycles. The highest BCUT2D eigenvalue weighted by Crippen LogP contribution is 2.24. The molecule has 0 saturated carbocycles. The molecule has 2 N–H and O–H groups in total. The van der Waals surface area contributed by atoms with Crippen molar-refractivity contribution in [2.24, 2.45) is 0 Å². The maximum Gasteiger partial charge on any atom is 0.264 e. The van der Waals surface area contributed by atoms with Crippen molar-refractivity contribution in [1.82, 2.24) is 0 Å². The van der Waals surface area contributed by atoms with E-state index in [1.54, 1.807) is 60.7 Å². The summed E-state index contributed by atoms with van der Waals surface area (Å²) in [6.45, 7) is 0. The van der Waals surface area contributed by atoms with Crippen molar-refractivity contribution in [2.45, 2.75) is 35.5 Å². The number of benzene rings is 4. The van der Waals surface area contributed by atoms with Crippen LogP contribution in [0.3, 0.4) is 0 Å². The number of para-hydroxylation sites is 2. The summed E-state index contributed by atoms with van der Waals surface area (Å²) in [4.78, 5) is 25.0. The smallest absolute Gasteiger partial charge is 0.264 e. The van der Waals surface area contributed by atoms with Crippen LogP contribution in [-0.4, -0.2) is 42.7 Å². The molecule has 0 radical (unpaired) electrons. The van der Waals surface area contributed by atoms with Crippen LogP contribution in [0.15, 0.2) is 119 Å². The number of hydrogen-bond donors (Lipinski definition) is 2. The number of hydrogen-bond acceptors (Lipinski definition) is 6. The minimum absolute atomic E-state index is 0.101. The normalized spacial score (nSPS) is 11.4. The second-order valence-corrected chi connectivity index (χ2v) is 13.9. The Morgan fingerprint density at radius 3 is 1.16 bits per heavy atom. The van der Waals surface area contributed by atoms with Gasteiger partial charge in [-0.15, -0.1) is 0 Å². The Bertz CT molecular complexity index is 1650. The molecule has 4 aromatic rings. The number of unbranched alkanes of at least 4 members (excludes halogenated alkanes) is 1. The minimum atomic E-state index is -3.75. The Balaban J connectivity index is 1.20. The molecule has 0 aliphatic heterocycles. The molecule has 0 unspecified atom stereocenters. The lowest BCUT2D eigenvalue weighted by Gasteiger charge is -2.19. The van der Waals surface area contributed by atoms with Gasteiger partial charge in [0.1, 0.15) is 0 Å². The zero-order valence-electron chi connectivity index (χ0n) is 24.4. The van der Waals surface area contributed by atoms with E-state index in [4.69, 9.17) is 0 Å². The van der Waals surface area contributed by atoms with Crippen LogP contribution < -0.4 is 19.2 Å². The predicted octanol–water partition coefficient (Wildman–Crippen LogP) is 5.47. The number of nitrogens with one attached hydrogen (secondary N) is 2. The number of sulfonamides is 2. The Hall–Kier alpha value is -4.68.